The Hall–Kier alpha value is -3.38. The summed E-state index contributed by atoms with van der Waals surface area (Å²) in [6, 6.07) is 1.28. The van der Waals surface area contributed by atoms with Crippen molar-refractivity contribution in [3.05, 3.63) is 35.1 Å². The largest absolute Gasteiger partial charge is 0.388 e. The molecular weight excluding hydrogens is 402 g/mol. The molecule has 31 heavy (non-hydrogen) atoms. The Morgan fingerprint density at radius 1 is 1.39 bits per heavy atom. The first-order chi connectivity index (χ1) is 14.9. The zero-order valence-electron chi connectivity index (χ0n) is 17.4. The predicted octanol–water partition coefficient (Wildman–Crippen LogP) is 0.0583. The molecule has 162 valence electrons. The lowest BCUT2D eigenvalue weighted by molar-refractivity contribution is -0.104. The van der Waals surface area contributed by atoms with E-state index in [0.29, 0.717) is 24.6 Å². The lowest BCUT2D eigenvalue weighted by Gasteiger charge is -2.37. The molecule has 5 heterocycles. The predicted molar refractivity (Wildman–Crippen MR) is 112 cm³/mol. The van der Waals surface area contributed by atoms with Crippen LogP contribution in [0.3, 0.4) is 0 Å². The first-order valence-corrected chi connectivity index (χ1v) is 10.0. The average Bonchev–Trinajstić information content (AvgIpc) is 3.41. The Bertz CT molecular complexity index is 1190. The summed E-state index contributed by atoms with van der Waals surface area (Å²) in [7, 11) is 3.64. The number of aliphatic imine (C=N–C) groups is 1. The van der Waals surface area contributed by atoms with E-state index in [0.717, 1.165) is 0 Å². The summed E-state index contributed by atoms with van der Waals surface area (Å²) in [5.41, 5.74) is -0.665. The van der Waals surface area contributed by atoms with Crippen LogP contribution in [0.4, 0.5) is 11.9 Å². The van der Waals surface area contributed by atoms with Gasteiger partial charge in [0, 0.05) is 26.5 Å². The van der Waals surface area contributed by atoms with Gasteiger partial charge in [-0.05, 0) is 12.5 Å². The highest BCUT2D eigenvalue weighted by Crippen LogP contribution is 2.49. The van der Waals surface area contributed by atoms with E-state index in [9.17, 15) is 9.90 Å². The van der Waals surface area contributed by atoms with Gasteiger partial charge in [0.15, 0.2) is 17.4 Å². The van der Waals surface area contributed by atoms with Crippen molar-refractivity contribution in [2.45, 2.75) is 37.3 Å². The van der Waals surface area contributed by atoms with Crippen molar-refractivity contribution in [3.63, 3.8) is 0 Å². The van der Waals surface area contributed by atoms with E-state index >= 15 is 0 Å². The lowest BCUT2D eigenvalue weighted by atomic mass is 9.96. The molecule has 2 N–H and O–H groups in total. The minimum Gasteiger partial charge on any atom is -0.388 e. The number of hydrogen-bond donors (Lipinski definition) is 2. The first kappa shape index (κ1) is 19.6. The van der Waals surface area contributed by atoms with Crippen LogP contribution in [-0.4, -0.2) is 84.2 Å². The Balaban J connectivity index is 1.60. The van der Waals surface area contributed by atoms with Crippen molar-refractivity contribution in [1.29, 1.82) is 0 Å². The Morgan fingerprint density at radius 2 is 2.16 bits per heavy atom. The third-order valence-electron chi connectivity index (χ3n) is 5.82. The number of aliphatic hydroxyl groups excluding tert-OH is 1. The minimum atomic E-state index is -0.780. The van der Waals surface area contributed by atoms with Crippen molar-refractivity contribution >= 4 is 29.4 Å². The molecule has 4 atom stereocenters. The molecular formula is C19H23N9O3. The molecule has 5 rings (SSSR count). The normalized spacial score (nSPS) is 27.6. The molecule has 0 spiro atoms. The van der Waals surface area contributed by atoms with Crippen LogP contribution in [0.2, 0.25) is 0 Å². The standard InChI is InChI=1S/C19H23N9O3/c1-4-19-8-27(18-20-6-5-7-21-18)12(13(19)29)16(31-19)28-10-22-11-14(28)24-17(25-15(11)30)23-9-26(2)3/h5-7,9-10,12-13,16,29H,4,8H2,1-3H3,(H,24,25,30)/t12-,13+,16-,19+/m1/s1. The maximum atomic E-state index is 12.5. The van der Waals surface area contributed by atoms with Gasteiger partial charge in [0.1, 0.15) is 17.7 Å². The molecule has 3 aromatic rings. The fourth-order valence-electron chi connectivity index (χ4n) is 4.30. The lowest BCUT2D eigenvalue weighted by Crippen LogP contribution is -2.46. The third kappa shape index (κ3) is 2.98. The summed E-state index contributed by atoms with van der Waals surface area (Å²) >= 11 is 0. The number of aromatic nitrogens is 6. The summed E-state index contributed by atoms with van der Waals surface area (Å²) in [5.74, 6) is 0.673. The van der Waals surface area contributed by atoms with Gasteiger partial charge in [0.2, 0.25) is 11.9 Å². The maximum absolute atomic E-state index is 12.5. The number of hydrogen-bond acceptors (Lipinski definition) is 9. The van der Waals surface area contributed by atoms with Crippen molar-refractivity contribution in [2.75, 3.05) is 25.5 Å². The highest BCUT2D eigenvalue weighted by Gasteiger charge is 2.63. The van der Waals surface area contributed by atoms with Crippen molar-refractivity contribution in [1.82, 2.24) is 34.4 Å². The molecule has 2 aliphatic rings. The van der Waals surface area contributed by atoms with E-state index in [2.05, 4.69) is 29.9 Å². The molecule has 12 heteroatoms. The van der Waals surface area contributed by atoms with Crippen LogP contribution in [-0.2, 0) is 4.74 Å². The molecule has 2 fully saturated rings. The average molecular weight is 425 g/mol. The fraction of sp³-hybridized carbons (Fsp3) is 0.474. The van der Waals surface area contributed by atoms with Crippen molar-refractivity contribution in [2.24, 2.45) is 4.99 Å². The maximum Gasteiger partial charge on any atom is 0.280 e. The van der Waals surface area contributed by atoms with Crippen LogP contribution < -0.4 is 10.5 Å². The number of ether oxygens (including phenoxy) is 1. The van der Waals surface area contributed by atoms with E-state index < -0.39 is 29.5 Å². The van der Waals surface area contributed by atoms with E-state index in [1.54, 1.807) is 34.3 Å². The summed E-state index contributed by atoms with van der Waals surface area (Å²) in [6.45, 7) is 2.44. The Labute approximate surface area is 177 Å². The zero-order valence-corrected chi connectivity index (χ0v) is 17.4. The number of aliphatic hydroxyl groups is 1. The van der Waals surface area contributed by atoms with Gasteiger partial charge >= 0.3 is 0 Å². The molecule has 0 unspecified atom stereocenters. The van der Waals surface area contributed by atoms with Crippen LogP contribution in [0.15, 0.2) is 34.6 Å². The fourth-order valence-corrected chi connectivity index (χ4v) is 4.30. The minimum absolute atomic E-state index is 0.158. The van der Waals surface area contributed by atoms with E-state index in [1.165, 1.54) is 6.33 Å². The number of nitrogens with one attached hydrogen (secondary N) is 1. The number of fused-ring (bicyclic) bond motifs is 3. The summed E-state index contributed by atoms with van der Waals surface area (Å²) < 4.78 is 8.05. The smallest absolute Gasteiger partial charge is 0.280 e. The molecule has 0 amide bonds. The van der Waals surface area contributed by atoms with E-state index in [1.807, 2.05) is 25.9 Å². The van der Waals surface area contributed by atoms with Gasteiger partial charge in [-0.3, -0.25) is 14.3 Å². The van der Waals surface area contributed by atoms with Crippen molar-refractivity contribution in [3.8, 4) is 0 Å². The highest BCUT2D eigenvalue weighted by atomic mass is 16.6. The van der Waals surface area contributed by atoms with Crippen LogP contribution in [0, 0.1) is 0 Å². The van der Waals surface area contributed by atoms with Gasteiger partial charge in [-0.15, -0.1) is 0 Å². The molecule has 0 saturated carbocycles. The van der Waals surface area contributed by atoms with E-state index in [-0.39, 0.29) is 11.5 Å². The number of H-pyrrole nitrogens is 1. The number of aromatic amines is 1. The summed E-state index contributed by atoms with van der Waals surface area (Å²) in [6.07, 6.45) is 5.59. The summed E-state index contributed by atoms with van der Waals surface area (Å²) in [4.78, 5) is 40.4. The number of imidazole rings is 1. The van der Waals surface area contributed by atoms with Gasteiger partial charge in [-0.2, -0.15) is 4.98 Å². The first-order valence-electron chi connectivity index (χ1n) is 10.0. The molecule has 2 saturated heterocycles. The Kier molecular flexibility index (Phi) is 4.48. The van der Waals surface area contributed by atoms with E-state index in [4.69, 9.17) is 4.74 Å². The van der Waals surface area contributed by atoms with Gasteiger partial charge < -0.3 is 19.6 Å². The number of anilines is 1. The van der Waals surface area contributed by atoms with Crippen LogP contribution in [0.25, 0.3) is 11.2 Å². The second-order valence-electron chi connectivity index (χ2n) is 7.96. The Morgan fingerprint density at radius 3 is 2.84 bits per heavy atom. The molecule has 0 aliphatic carbocycles. The second-order valence-corrected chi connectivity index (χ2v) is 7.96. The zero-order chi connectivity index (χ0) is 21.8. The molecule has 2 aliphatic heterocycles. The van der Waals surface area contributed by atoms with Crippen LogP contribution >= 0.6 is 0 Å². The SMILES string of the molecule is CC[C@@]12CN(c3ncccn3)[C@@H]([C@H](n3cnc4c(=O)[nH]c(N=CN(C)C)nc43)O1)[C@@H]2O. The number of rotatable bonds is 5. The topological polar surface area (TPSA) is 138 Å². The third-order valence-corrected chi connectivity index (χ3v) is 5.82. The second kappa shape index (κ2) is 7.10. The van der Waals surface area contributed by atoms with Crippen molar-refractivity contribution < 1.29 is 9.84 Å². The number of nitrogens with zero attached hydrogens (tertiary/aromatic N) is 8. The molecule has 3 aromatic heterocycles. The molecule has 0 aromatic carbocycles. The van der Waals surface area contributed by atoms with Crippen LogP contribution in [0.5, 0.6) is 0 Å². The van der Waals surface area contributed by atoms with Gasteiger partial charge in [-0.25, -0.2) is 19.9 Å². The monoisotopic (exact) mass is 425 g/mol. The highest BCUT2D eigenvalue weighted by molar-refractivity contribution is 5.71. The molecule has 2 bridgehead atoms. The molecule has 0 radical (unpaired) electrons. The number of morpholine rings is 1. The molecule has 12 nitrogen and oxygen atoms in total. The van der Waals surface area contributed by atoms with Gasteiger partial charge in [-0.1, -0.05) is 6.92 Å². The van der Waals surface area contributed by atoms with Gasteiger partial charge in [0.05, 0.1) is 19.2 Å². The quantitative estimate of drug-likeness (QED) is 0.429. The van der Waals surface area contributed by atoms with Gasteiger partial charge in [0.25, 0.3) is 5.56 Å². The van der Waals surface area contributed by atoms with Crippen LogP contribution in [0.1, 0.15) is 19.6 Å². The summed E-state index contributed by atoms with van der Waals surface area (Å²) in [5, 5.41) is 11.1.